The number of nitrogens with one attached hydrogen (secondary N) is 1. The molecule has 0 aliphatic carbocycles. The molecule has 2 aromatic carbocycles. The summed E-state index contributed by atoms with van der Waals surface area (Å²) in [7, 11) is -3.70. The third kappa shape index (κ3) is 6.43. The van der Waals surface area contributed by atoms with Crippen molar-refractivity contribution in [1.29, 1.82) is 0 Å². The molecule has 0 bridgehead atoms. The van der Waals surface area contributed by atoms with Crippen molar-refractivity contribution in [3.63, 3.8) is 0 Å². The molecule has 0 spiro atoms. The van der Waals surface area contributed by atoms with E-state index in [1.807, 2.05) is 31.2 Å². The monoisotopic (exact) mass is 529 g/mol. The van der Waals surface area contributed by atoms with Crippen LogP contribution in [0.25, 0.3) is 0 Å². The van der Waals surface area contributed by atoms with Crippen molar-refractivity contribution in [3.05, 3.63) is 57.7 Å². The zero-order valence-corrected chi connectivity index (χ0v) is 19.7. The second kappa shape index (κ2) is 10.1. The first-order chi connectivity index (χ1) is 13.6. The van der Waals surface area contributed by atoms with Crippen LogP contribution >= 0.6 is 22.6 Å². The van der Waals surface area contributed by atoms with Crippen LogP contribution in [0.3, 0.4) is 0 Å². The number of hydrogen-bond donors (Lipinski definition) is 1. The average molecular weight is 529 g/mol. The molecular weight excluding hydrogens is 505 g/mol. The van der Waals surface area contributed by atoms with Crippen molar-refractivity contribution in [2.75, 3.05) is 17.2 Å². The number of benzene rings is 2. The maximum absolute atomic E-state index is 12.6. The van der Waals surface area contributed by atoms with Gasteiger partial charge in [-0.25, -0.2) is 13.8 Å². The number of hydrazone groups is 1. The molecule has 0 heterocycles. The maximum Gasteiger partial charge on any atom is 0.263 e. The van der Waals surface area contributed by atoms with Gasteiger partial charge in [0.25, 0.3) is 5.91 Å². The number of ether oxygens (including phenoxy) is 1. The number of carbonyl (C=O) groups excluding carboxylic acids is 1. The van der Waals surface area contributed by atoms with Crippen LogP contribution in [0.5, 0.6) is 5.75 Å². The molecule has 1 amide bonds. The van der Waals surface area contributed by atoms with Crippen LogP contribution in [0.4, 0.5) is 5.69 Å². The number of rotatable bonds is 8. The minimum absolute atomic E-state index is 0.372. The predicted octanol–water partition coefficient (Wildman–Crippen LogP) is 3.38. The smallest absolute Gasteiger partial charge is 0.263 e. The third-order valence-corrected chi connectivity index (χ3v) is 5.98. The summed E-state index contributed by atoms with van der Waals surface area (Å²) in [6, 6.07) is 13.2. The summed E-state index contributed by atoms with van der Waals surface area (Å²) in [5, 5.41) is 4.13. The van der Waals surface area contributed by atoms with Crippen molar-refractivity contribution in [3.8, 4) is 5.75 Å². The van der Waals surface area contributed by atoms with Gasteiger partial charge < -0.3 is 4.74 Å². The van der Waals surface area contributed by atoms with Crippen LogP contribution in [0.15, 0.2) is 53.6 Å². The molecule has 9 heteroatoms. The minimum atomic E-state index is -3.70. The Morgan fingerprint density at radius 1 is 1.24 bits per heavy atom. The number of nitrogens with zero attached hydrogens (tertiary/aromatic N) is 2. The summed E-state index contributed by atoms with van der Waals surface area (Å²) in [6.07, 6.45) is 1.06. The van der Waals surface area contributed by atoms with E-state index in [0.29, 0.717) is 23.8 Å². The lowest BCUT2D eigenvalue weighted by molar-refractivity contribution is -0.121. The van der Waals surface area contributed by atoms with Gasteiger partial charge in [0.05, 0.1) is 24.3 Å². The van der Waals surface area contributed by atoms with Crippen LogP contribution in [0, 0.1) is 3.57 Å². The second-order valence-corrected chi connectivity index (χ2v) is 9.45. The third-order valence-electron chi connectivity index (χ3n) is 4.07. The molecule has 156 valence electrons. The topological polar surface area (TPSA) is 88.1 Å². The normalized spacial score (nSPS) is 12.9. The van der Waals surface area contributed by atoms with E-state index in [9.17, 15) is 13.2 Å². The molecule has 0 aliphatic rings. The fourth-order valence-electron chi connectivity index (χ4n) is 2.68. The number of carbonyl (C=O) groups is 1. The van der Waals surface area contributed by atoms with Gasteiger partial charge in [0.1, 0.15) is 11.8 Å². The van der Waals surface area contributed by atoms with Crippen molar-refractivity contribution >= 4 is 49.9 Å². The Labute approximate surface area is 185 Å². The first-order valence-electron chi connectivity index (χ1n) is 8.95. The molecule has 2 aromatic rings. The Morgan fingerprint density at radius 3 is 2.45 bits per heavy atom. The highest BCUT2D eigenvalue weighted by atomic mass is 127. The summed E-state index contributed by atoms with van der Waals surface area (Å²) in [5.74, 6) is 0.0915. The molecule has 0 fully saturated rings. The molecule has 1 N–H and O–H groups in total. The molecule has 0 aromatic heterocycles. The lowest BCUT2D eigenvalue weighted by Crippen LogP contribution is -2.46. The van der Waals surface area contributed by atoms with Gasteiger partial charge >= 0.3 is 0 Å². The van der Waals surface area contributed by atoms with Crippen molar-refractivity contribution in [2.45, 2.75) is 26.8 Å². The van der Waals surface area contributed by atoms with E-state index in [4.69, 9.17) is 4.74 Å². The van der Waals surface area contributed by atoms with Crippen LogP contribution in [0.1, 0.15) is 26.3 Å². The molecule has 0 radical (unpaired) electrons. The zero-order chi connectivity index (χ0) is 21.6. The van der Waals surface area contributed by atoms with E-state index in [-0.39, 0.29) is 0 Å². The second-order valence-electron chi connectivity index (χ2n) is 6.35. The van der Waals surface area contributed by atoms with E-state index in [0.717, 1.165) is 19.7 Å². The lowest BCUT2D eigenvalue weighted by Gasteiger charge is -2.27. The van der Waals surface area contributed by atoms with Gasteiger partial charge in [0.15, 0.2) is 0 Å². The van der Waals surface area contributed by atoms with E-state index in [1.165, 1.54) is 6.92 Å². The summed E-state index contributed by atoms with van der Waals surface area (Å²) >= 11 is 2.20. The van der Waals surface area contributed by atoms with Gasteiger partial charge in [0, 0.05) is 3.57 Å². The Hall–Kier alpha value is -2.14. The summed E-state index contributed by atoms with van der Waals surface area (Å²) in [5.41, 5.74) is 4.34. The number of halogens is 1. The van der Waals surface area contributed by atoms with E-state index in [1.54, 1.807) is 31.2 Å². The molecule has 0 unspecified atom stereocenters. The highest BCUT2D eigenvalue weighted by Crippen LogP contribution is 2.24. The van der Waals surface area contributed by atoms with Crippen molar-refractivity contribution in [1.82, 2.24) is 5.43 Å². The number of sulfonamides is 1. The first kappa shape index (κ1) is 23.1. The maximum atomic E-state index is 12.6. The first-order valence-corrected chi connectivity index (χ1v) is 11.9. The Morgan fingerprint density at radius 2 is 1.90 bits per heavy atom. The van der Waals surface area contributed by atoms with Crippen LogP contribution in [-0.2, 0) is 14.8 Å². The predicted molar refractivity (Wildman–Crippen MR) is 124 cm³/mol. The minimum Gasteiger partial charge on any atom is -0.494 e. The average Bonchev–Trinajstić information content (AvgIpc) is 2.66. The molecule has 29 heavy (non-hydrogen) atoms. The number of amides is 1. The van der Waals surface area contributed by atoms with Gasteiger partial charge in [0.2, 0.25) is 10.0 Å². The van der Waals surface area contributed by atoms with Crippen LogP contribution in [-0.4, -0.2) is 38.9 Å². The largest absolute Gasteiger partial charge is 0.494 e. The molecular formula is C20H24IN3O4S. The van der Waals surface area contributed by atoms with E-state index in [2.05, 4.69) is 33.1 Å². The number of hydrogen-bond acceptors (Lipinski definition) is 5. The van der Waals surface area contributed by atoms with Crippen molar-refractivity contribution < 1.29 is 17.9 Å². The van der Waals surface area contributed by atoms with E-state index >= 15 is 0 Å². The van der Waals surface area contributed by atoms with Gasteiger partial charge in [-0.05, 0) is 85.3 Å². The van der Waals surface area contributed by atoms with Gasteiger partial charge in [-0.1, -0.05) is 12.1 Å². The quantitative estimate of drug-likeness (QED) is 0.323. The lowest BCUT2D eigenvalue weighted by atomic mass is 10.1. The Kier molecular flexibility index (Phi) is 8.03. The highest BCUT2D eigenvalue weighted by molar-refractivity contribution is 14.1. The Balaban J connectivity index is 2.21. The Bertz CT molecular complexity index is 991. The molecule has 0 saturated heterocycles. The highest BCUT2D eigenvalue weighted by Gasteiger charge is 2.29. The number of anilines is 1. The van der Waals surface area contributed by atoms with E-state index < -0.39 is 22.0 Å². The SMILES string of the molecule is CCOc1ccc(N([C@@H](C)C(=O)N/N=C(/C)c2cccc(I)c2)S(C)(=O)=O)cc1. The van der Waals surface area contributed by atoms with Crippen LogP contribution in [0.2, 0.25) is 0 Å². The summed E-state index contributed by atoms with van der Waals surface area (Å²) < 4.78 is 32.2. The summed E-state index contributed by atoms with van der Waals surface area (Å²) in [6.45, 7) is 5.66. The molecule has 2 rings (SSSR count). The molecule has 0 aliphatic heterocycles. The van der Waals surface area contributed by atoms with Gasteiger partial charge in [-0.15, -0.1) is 0 Å². The molecule has 1 atom stereocenters. The fraction of sp³-hybridized carbons (Fsp3) is 0.300. The fourth-order valence-corrected chi connectivity index (χ4v) is 4.39. The molecule has 0 saturated carbocycles. The van der Waals surface area contributed by atoms with Gasteiger partial charge in [-0.2, -0.15) is 5.10 Å². The summed E-state index contributed by atoms with van der Waals surface area (Å²) in [4.78, 5) is 12.6. The standard InChI is InChI=1S/C20H24IN3O4S/c1-5-28-19-11-9-18(10-12-19)24(29(4,26)27)15(3)20(25)23-22-14(2)16-7-6-8-17(21)13-16/h6-13,15H,5H2,1-4H3,(H,23,25)/b22-14-/t15-/m0/s1. The molecule has 7 nitrogen and oxygen atoms in total. The van der Waals surface area contributed by atoms with Crippen molar-refractivity contribution in [2.24, 2.45) is 5.10 Å². The van der Waals surface area contributed by atoms with Gasteiger partial charge in [-0.3, -0.25) is 9.10 Å². The van der Waals surface area contributed by atoms with Crippen LogP contribution < -0.4 is 14.5 Å². The zero-order valence-electron chi connectivity index (χ0n) is 16.7.